The van der Waals surface area contributed by atoms with Gasteiger partial charge in [0.2, 0.25) is 0 Å². The van der Waals surface area contributed by atoms with Crippen LogP contribution in [0.15, 0.2) is 82.2 Å². The van der Waals surface area contributed by atoms with E-state index in [4.69, 9.17) is 16.3 Å². The molecule has 4 rings (SSSR count). The van der Waals surface area contributed by atoms with Crippen LogP contribution in [-0.4, -0.2) is 22.0 Å². The molecule has 32 heavy (non-hydrogen) atoms. The Bertz CT molecular complexity index is 1240. The highest BCUT2D eigenvalue weighted by atomic mass is 79.9. The van der Waals surface area contributed by atoms with Crippen molar-refractivity contribution in [3.8, 4) is 5.75 Å². The number of carbonyl (C=O) groups excluding carboxylic acids is 3. The van der Waals surface area contributed by atoms with E-state index in [1.807, 2.05) is 24.3 Å². The lowest BCUT2D eigenvalue weighted by Crippen LogP contribution is -2.27. The summed E-state index contributed by atoms with van der Waals surface area (Å²) in [5.74, 6) is -0.557. The van der Waals surface area contributed by atoms with E-state index >= 15 is 0 Å². The van der Waals surface area contributed by atoms with Crippen molar-refractivity contribution in [2.45, 2.75) is 6.54 Å². The first-order chi connectivity index (χ1) is 15.4. The van der Waals surface area contributed by atoms with E-state index in [2.05, 4.69) is 15.9 Å². The number of rotatable bonds is 5. The van der Waals surface area contributed by atoms with Gasteiger partial charge in [0.1, 0.15) is 5.75 Å². The molecule has 0 unspecified atom stereocenters. The largest absolute Gasteiger partial charge is 0.423 e. The predicted molar refractivity (Wildman–Crippen MR) is 129 cm³/mol. The van der Waals surface area contributed by atoms with Crippen LogP contribution in [-0.2, 0) is 11.3 Å². The third-order valence-corrected chi connectivity index (χ3v) is 6.54. The number of amides is 2. The lowest BCUT2D eigenvalue weighted by Gasteiger charge is -2.13. The van der Waals surface area contributed by atoms with Crippen molar-refractivity contribution in [3.63, 3.8) is 0 Å². The van der Waals surface area contributed by atoms with Gasteiger partial charge in [-0.3, -0.25) is 14.5 Å². The highest BCUT2D eigenvalue weighted by Crippen LogP contribution is 2.34. The zero-order chi connectivity index (χ0) is 22.7. The van der Waals surface area contributed by atoms with E-state index in [9.17, 15) is 14.4 Å². The topological polar surface area (TPSA) is 63.7 Å². The van der Waals surface area contributed by atoms with Crippen LogP contribution >= 0.6 is 39.3 Å². The van der Waals surface area contributed by atoms with Gasteiger partial charge in [0, 0.05) is 9.50 Å². The highest BCUT2D eigenvalue weighted by Gasteiger charge is 2.35. The van der Waals surface area contributed by atoms with Gasteiger partial charge in [0.05, 0.1) is 17.0 Å². The minimum atomic E-state index is -0.521. The first-order valence-corrected chi connectivity index (χ1v) is 11.5. The van der Waals surface area contributed by atoms with Crippen LogP contribution < -0.4 is 4.74 Å². The lowest BCUT2D eigenvalue weighted by molar-refractivity contribution is -0.123. The molecular weight excluding hydrogens is 514 g/mol. The van der Waals surface area contributed by atoms with Gasteiger partial charge < -0.3 is 4.74 Å². The Balaban J connectivity index is 1.49. The quantitative estimate of drug-likeness (QED) is 0.213. The van der Waals surface area contributed by atoms with Gasteiger partial charge >= 0.3 is 5.97 Å². The maximum Gasteiger partial charge on any atom is 0.343 e. The fraction of sp³-hybridized carbons (Fsp3) is 0.0417. The average molecular weight is 529 g/mol. The van der Waals surface area contributed by atoms with E-state index < -0.39 is 5.97 Å². The Labute approximate surface area is 202 Å². The van der Waals surface area contributed by atoms with Gasteiger partial charge in [0.15, 0.2) is 0 Å². The zero-order valence-corrected chi connectivity index (χ0v) is 19.6. The van der Waals surface area contributed by atoms with Crippen LogP contribution in [0.25, 0.3) is 6.08 Å². The summed E-state index contributed by atoms with van der Waals surface area (Å²) in [6, 6.07) is 20.6. The summed E-state index contributed by atoms with van der Waals surface area (Å²) in [5, 5.41) is 0.194. The van der Waals surface area contributed by atoms with Crippen molar-refractivity contribution in [2.75, 3.05) is 0 Å². The summed E-state index contributed by atoms with van der Waals surface area (Å²) >= 11 is 10.2. The Morgan fingerprint density at radius 2 is 1.78 bits per heavy atom. The maximum absolute atomic E-state index is 12.8. The summed E-state index contributed by atoms with van der Waals surface area (Å²) in [4.78, 5) is 39.1. The third kappa shape index (κ3) is 5.12. The van der Waals surface area contributed by atoms with Crippen LogP contribution in [0, 0.1) is 0 Å². The molecule has 0 spiro atoms. The molecule has 1 aliphatic rings. The van der Waals surface area contributed by atoms with E-state index in [-0.39, 0.29) is 17.7 Å². The fourth-order valence-corrected chi connectivity index (χ4v) is 4.38. The molecule has 0 aliphatic carbocycles. The summed E-state index contributed by atoms with van der Waals surface area (Å²) in [6.45, 7) is 0.183. The highest BCUT2D eigenvalue weighted by molar-refractivity contribution is 9.10. The molecular formula is C24H15BrClNO4S. The van der Waals surface area contributed by atoms with Crippen molar-refractivity contribution >= 4 is 62.5 Å². The molecule has 8 heteroatoms. The number of imide groups is 1. The monoisotopic (exact) mass is 527 g/mol. The zero-order valence-electron chi connectivity index (χ0n) is 16.5. The summed E-state index contributed by atoms with van der Waals surface area (Å²) in [5.41, 5.74) is 1.85. The Morgan fingerprint density at radius 3 is 2.53 bits per heavy atom. The number of benzene rings is 3. The Kier molecular flexibility index (Phi) is 6.79. The molecule has 5 nitrogen and oxygen atoms in total. The molecule has 1 saturated heterocycles. The van der Waals surface area contributed by atoms with E-state index in [1.54, 1.807) is 54.6 Å². The molecule has 1 heterocycles. The summed E-state index contributed by atoms with van der Waals surface area (Å²) < 4.78 is 6.25. The molecule has 0 radical (unpaired) electrons. The van der Waals surface area contributed by atoms with E-state index in [0.717, 1.165) is 21.8 Å². The van der Waals surface area contributed by atoms with Crippen LogP contribution in [0.1, 0.15) is 21.5 Å². The summed E-state index contributed by atoms with van der Waals surface area (Å²) in [7, 11) is 0. The molecule has 0 saturated carbocycles. The molecule has 0 bridgehead atoms. The number of thioether (sulfide) groups is 1. The van der Waals surface area contributed by atoms with Crippen molar-refractivity contribution in [3.05, 3.63) is 104 Å². The number of halogens is 2. The lowest BCUT2D eigenvalue weighted by atomic mass is 10.2. The number of hydrogen-bond acceptors (Lipinski definition) is 5. The van der Waals surface area contributed by atoms with E-state index in [1.165, 1.54) is 4.90 Å². The van der Waals surface area contributed by atoms with Crippen molar-refractivity contribution in [2.24, 2.45) is 0 Å². The van der Waals surface area contributed by atoms with Gasteiger partial charge in [-0.25, -0.2) is 4.79 Å². The first-order valence-electron chi connectivity index (χ1n) is 9.47. The molecule has 160 valence electrons. The standard InChI is InChI=1S/C24H15BrClNO4S/c25-20-7-2-1-5-17(20)14-27-22(28)21(32-24(27)30)13-15-4-3-6-19(12-15)31-23(29)16-8-10-18(26)11-9-16/h1-13H,14H2/b21-13-. The van der Waals surface area contributed by atoms with Gasteiger partial charge in [-0.15, -0.1) is 0 Å². The molecule has 3 aromatic rings. The van der Waals surface area contributed by atoms with Gasteiger partial charge in [-0.2, -0.15) is 0 Å². The van der Waals surface area contributed by atoms with Gasteiger partial charge in [-0.1, -0.05) is 57.9 Å². The molecule has 0 N–H and O–H groups in total. The van der Waals surface area contributed by atoms with E-state index in [0.29, 0.717) is 26.8 Å². The smallest absolute Gasteiger partial charge is 0.343 e. The molecule has 0 aromatic heterocycles. The van der Waals surface area contributed by atoms with Crippen molar-refractivity contribution in [1.29, 1.82) is 0 Å². The second-order valence-corrected chi connectivity index (χ2v) is 9.11. The number of carbonyl (C=O) groups is 3. The second-order valence-electron chi connectivity index (χ2n) is 6.83. The second kappa shape index (κ2) is 9.73. The Hall–Kier alpha value is -2.87. The Morgan fingerprint density at radius 1 is 1.03 bits per heavy atom. The minimum absolute atomic E-state index is 0.183. The first kappa shape index (κ1) is 22.3. The summed E-state index contributed by atoms with van der Waals surface area (Å²) in [6.07, 6.45) is 1.62. The predicted octanol–water partition coefficient (Wildman–Crippen LogP) is 6.56. The van der Waals surface area contributed by atoms with Crippen molar-refractivity contribution in [1.82, 2.24) is 4.90 Å². The number of hydrogen-bond donors (Lipinski definition) is 0. The fourth-order valence-electron chi connectivity index (χ4n) is 3.00. The third-order valence-electron chi connectivity index (χ3n) is 4.61. The van der Waals surface area contributed by atoms with Gasteiger partial charge in [0.25, 0.3) is 11.1 Å². The molecule has 0 atom stereocenters. The van der Waals surface area contributed by atoms with Crippen LogP contribution in [0.3, 0.4) is 0 Å². The molecule has 1 aliphatic heterocycles. The molecule has 3 aromatic carbocycles. The van der Waals surface area contributed by atoms with Crippen LogP contribution in [0.2, 0.25) is 5.02 Å². The molecule has 2 amide bonds. The maximum atomic E-state index is 12.8. The van der Waals surface area contributed by atoms with Crippen LogP contribution in [0.5, 0.6) is 5.75 Å². The molecule has 1 fully saturated rings. The average Bonchev–Trinajstić information content (AvgIpc) is 3.03. The SMILES string of the molecule is O=C(Oc1cccc(/C=C2\SC(=O)N(Cc3ccccc3Br)C2=O)c1)c1ccc(Cl)cc1. The number of ether oxygens (including phenoxy) is 1. The van der Waals surface area contributed by atoms with Crippen molar-refractivity contribution < 1.29 is 19.1 Å². The van der Waals surface area contributed by atoms with Crippen LogP contribution in [0.4, 0.5) is 4.79 Å². The number of nitrogens with zero attached hydrogens (tertiary/aromatic N) is 1. The number of esters is 1. The minimum Gasteiger partial charge on any atom is -0.423 e. The van der Waals surface area contributed by atoms with Gasteiger partial charge in [-0.05, 0) is 71.4 Å². The normalized spacial score (nSPS) is 14.8.